The Balaban J connectivity index is 2.05. The molecule has 5 heteroatoms. The summed E-state index contributed by atoms with van der Waals surface area (Å²) in [5.74, 6) is 0. The third kappa shape index (κ3) is 3.91. The zero-order valence-corrected chi connectivity index (χ0v) is 12.5. The quantitative estimate of drug-likeness (QED) is 0.921. The van der Waals surface area contributed by atoms with Crippen LogP contribution < -0.4 is 4.72 Å². The Labute approximate surface area is 125 Å². The van der Waals surface area contributed by atoms with Gasteiger partial charge in [0.15, 0.2) is 0 Å². The second-order valence-corrected chi connectivity index (χ2v) is 6.48. The molecule has 21 heavy (non-hydrogen) atoms. The molecule has 4 nitrogen and oxygen atoms in total. The summed E-state index contributed by atoms with van der Waals surface area (Å²) in [6.07, 6.45) is 0.605. The van der Waals surface area contributed by atoms with E-state index in [0.717, 1.165) is 5.56 Å². The lowest BCUT2D eigenvalue weighted by atomic mass is 10.1. The second-order valence-electron chi connectivity index (χ2n) is 4.74. The highest BCUT2D eigenvalue weighted by molar-refractivity contribution is 7.89. The van der Waals surface area contributed by atoms with Crippen molar-refractivity contribution in [1.29, 1.82) is 5.26 Å². The summed E-state index contributed by atoms with van der Waals surface area (Å²) in [4.78, 5) is 0.0245. The van der Waals surface area contributed by atoms with Crippen molar-refractivity contribution in [2.75, 3.05) is 6.54 Å². The molecule has 0 saturated heterocycles. The van der Waals surface area contributed by atoms with E-state index in [1.54, 1.807) is 12.1 Å². The molecule has 0 amide bonds. The largest absolute Gasteiger partial charge is 0.241 e. The topological polar surface area (TPSA) is 70.0 Å². The van der Waals surface area contributed by atoms with Crippen molar-refractivity contribution < 1.29 is 8.42 Å². The molecule has 0 unspecified atom stereocenters. The third-order valence-electron chi connectivity index (χ3n) is 3.12. The van der Waals surface area contributed by atoms with E-state index >= 15 is 0 Å². The second kappa shape index (κ2) is 6.53. The van der Waals surface area contributed by atoms with Gasteiger partial charge in [-0.15, -0.1) is 0 Å². The molecule has 0 heterocycles. The smallest absolute Gasteiger partial charge is 0.211 e. The van der Waals surface area contributed by atoms with Crippen LogP contribution >= 0.6 is 0 Å². The molecule has 2 aromatic carbocycles. The minimum atomic E-state index is -3.65. The lowest BCUT2D eigenvalue weighted by Crippen LogP contribution is -2.26. The van der Waals surface area contributed by atoms with Crippen LogP contribution in [-0.2, 0) is 16.4 Å². The van der Waals surface area contributed by atoms with Gasteiger partial charge in [-0.05, 0) is 31.0 Å². The molecular formula is C16H16N2O2S. The van der Waals surface area contributed by atoms with Crippen LogP contribution in [0.3, 0.4) is 0 Å². The minimum absolute atomic E-state index is 0.0245. The average molecular weight is 300 g/mol. The first kappa shape index (κ1) is 15.2. The highest BCUT2D eigenvalue weighted by atomic mass is 32.2. The number of sulfonamides is 1. The number of nitrogens with zero attached hydrogens (tertiary/aromatic N) is 1. The molecule has 0 radical (unpaired) electrons. The lowest BCUT2D eigenvalue weighted by Gasteiger charge is -2.08. The Bertz CT molecular complexity index is 760. The number of nitrogens with one attached hydrogen (secondary N) is 1. The zero-order valence-electron chi connectivity index (χ0n) is 11.7. The van der Waals surface area contributed by atoms with E-state index in [-0.39, 0.29) is 10.5 Å². The highest BCUT2D eigenvalue weighted by Crippen LogP contribution is 2.14. The van der Waals surface area contributed by atoms with E-state index in [9.17, 15) is 8.42 Å². The van der Waals surface area contributed by atoms with Crippen LogP contribution in [-0.4, -0.2) is 15.0 Å². The molecule has 0 bridgehead atoms. The molecule has 0 spiro atoms. The Morgan fingerprint density at radius 3 is 2.43 bits per heavy atom. The predicted octanol–water partition coefficient (Wildman–Crippen LogP) is 2.39. The van der Waals surface area contributed by atoms with E-state index in [0.29, 0.717) is 13.0 Å². The maximum atomic E-state index is 12.2. The van der Waals surface area contributed by atoms with Crippen LogP contribution in [0.5, 0.6) is 0 Å². The van der Waals surface area contributed by atoms with Crippen molar-refractivity contribution in [2.45, 2.75) is 18.2 Å². The Kier molecular flexibility index (Phi) is 4.73. The fourth-order valence-corrected chi connectivity index (χ4v) is 3.14. The van der Waals surface area contributed by atoms with Gasteiger partial charge in [-0.25, -0.2) is 13.1 Å². The highest BCUT2D eigenvalue weighted by Gasteiger charge is 2.17. The number of nitriles is 1. The summed E-state index contributed by atoms with van der Waals surface area (Å²) in [6.45, 7) is 2.30. The number of hydrogen-bond acceptors (Lipinski definition) is 3. The Morgan fingerprint density at radius 2 is 1.76 bits per heavy atom. The molecule has 0 fully saturated rings. The fraction of sp³-hybridized carbons (Fsp3) is 0.188. The summed E-state index contributed by atoms with van der Waals surface area (Å²) in [5, 5.41) is 8.97. The van der Waals surface area contributed by atoms with Crippen LogP contribution in [0.4, 0.5) is 0 Å². The van der Waals surface area contributed by atoms with Gasteiger partial charge < -0.3 is 0 Å². The van der Waals surface area contributed by atoms with E-state index in [1.807, 2.05) is 37.3 Å². The van der Waals surface area contributed by atoms with Crippen LogP contribution in [0.25, 0.3) is 0 Å². The molecule has 0 aliphatic heterocycles. The van der Waals surface area contributed by atoms with E-state index < -0.39 is 10.0 Å². The van der Waals surface area contributed by atoms with Crippen molar-refractivity contribution in [1.82, 2.24) is 4.72 Å². The summed E-state index contributed by atoms with van der Waals surface area (Å²) in [7, 11) is -3.65. The molecule has 0 aromatic heterocycles. The zero-order chi connectivity index (χ0) is 15.3. The summed E-state index contributed by atoms with van der Waals surface area (Å²) in [5.41, 5.74) is 2.39. The maximum absolute atomic E-state index is 12.2. The van der Waals surface area contributed by atoms with Crippen LogP contribution in [0, 0.1) is 18.3 Å². The van der Waals surface area contributed by atoms with Crippen LogP contribution in [0.2, 0.25) is 0 Å². The molecule has 2 aromatic rings. The van der Waals surface area contributed by atoms with Crippen LogP contribution in [0.15, 0.2) is 53.4 Å². The predicted molar refractivity (Wildman–Crippen MR) is 81.2 cm³/mol. The van der Waals surface area contributed by atoms with Gasteiger partial charge in [-0.3, -0.25) is 0 Å². The van der Waals surface area contributed by atoms with Crippen LogP contribution in [0.1, 0.15) is 16.7 Å². The van der Waals surface area contributed by atoms with Gasteiger partial charge in [0, 0.05) is 6.54 Å². The molecule has 2 rings (SSSR count). The average Bonchev–Trinajstić information content (AvgIpc) is 2.49. The van der Waals surface area contributed by atoms with Crippen molar-refractivity contribution >= 4 is 10.0 Å². The molecule has 0 aliphatic rings. The number of hydrogen-bond donors (Lipinski definition) is 1. The monoisotopic (exact) mass is 300 g/mol. The van der Waals surface area contributed by atoms with Crippen molar-refractivity contribution in [3.63, 3.8) is 0 Å². The van der Waals surface area contributed by atoms with E-state index in [1.165, 1.54) is 17.7 Å². The van der Waals surface area contributed by atoms with Gasteiger partial charge in [0.05, 0.1) is 10.5 Å². The Morgan fingerprint density at radius 1 is 1.10 bits per heavy atom. The van der Waals surface area contributed by atoms with Crippen molar-refractivity contribution in [3.8, 4) is 6.07 Å². The molecule has 0 aliphatic carbocycles. The number of rotatable bonds is 5. The number of benzene rings is 2. The molecule has 1 N–H and O–H groups in total. The molecule has 0 atom stereocenters. The van der Waals surface area contributed by atoms with Gasteiger partial charge in [0.1, 0.15) is 6.07 Å². The SMILES string of the molecule is Cc1ccc(CCNS(=O)(=O)c2ccccc2C#N)cc1. The third-order valence-corrected chi connectivity index (χ3v) is 4.64. The van der Waals surface area contributed by atoms with Gasteiger partial charge in [0.2, 0.25) is 10.0 Å². The van der Waals surface area contributed by atoms with Gasteiger partial charge in [0.25, 0.3) is 0 Å². The number of aryl methyl sites for hydroxylation is 1. The standard InChI is InChI=1S/C16H16N2O2S/c1-13-6-8-14(9-7-13)10-11-18-21(19,20)16-5-3-2-4-15(16)12-17/h2-9,18H,10-11H2,1H3. The summed E-state index contributed by atoms with van der Waals surface area (Å²) in [6, 6.07) is 16.0. The van der Waals surface area contributed by atoms with Gasteiger partial charge >= 0.3 is 0 Å². The first-order chi connectivity index (χ1) is 10.0. The van der Waals surface area contributed by atoms with E-state index in [4.69, 9.17) is 5.26 Å². The fourth-order valence-electron chi connectivity index (χ4n) is 1.96. The maximum Gasteiger partial charge on any atom is 0.241 e. The minimum Gasteiger partial charge on any atom is -0.211 e. The Hall–Kier alpha value is -2.16. The van der Waals surface area contributed by atoms with E-state index in [2.05, 4.69) is 4.72 Å². The molecular weight excluding hydrogens is 284 g/mol. The summed E-state index contributed by atoms with van der Waals surface area (Å²) >= 11 is 0. The summed E-state index contributed by atoms with van der Waals surface area (Å²) < 4.78 is 26.9. The lowest BCUT2D eigenvalue weighted by molar-refractivity contribution is 0.581. The van der Waals surface area contributed by atoms with Gasteiger partial charge in [-0.1, -0.05) is 42.0 Å². The van der Waals surface area contributed by atoms with Gasteiger partial charge in [-0.2, -0.15) is 5.26 Å². The van der Waals surface area contributed by atoms with Crippen molar-refractivity contribution in [2.24, 2.45) is 0 Å². The first-order valence-corrected chi connectivity index (χ1v) is 8.05. The molecule has 0 saturated carbocycles. The molecule has 108 valence electrons. The first-order valence-electron chi connectivity index (χ1n) is 6.57. The van der Waals surface area contributed by atoms with Crippen molar-refractivity contribution in [3.05, 3.63) is 65.2 Å². The normalized spacial score (nSPS) is 11.0.